The van der Waals surface area contributed by atoms with Crippen molar-refractivity contribution in [3.05, 3.63) is 102 Å². The third-order valence-electron chi connectivity index (χ3n) is 5.49. The monoisotopic (exact) mass is 458 g/mol. The molecule has 5 rings (SSSR count). The molecule has 0 saturated heterocycles. The number of hydrogen-bond acceptors (Lipinski definition) is 7. The highest BCUT2D eigenvalue weighted by atomic mass is 16.5. The van der Waals surface area contributed by atoms with Gasteiger partial charge in [-0.25, -0.2) is 9.80 Å². The molecule has 9 nitrogen and oxygen atoms in total. The van der Waals surface area contributed by atoms with Gasteiger partial charge in [0.05, 0.1) is 18.5 Å². The molecule has 1 aliphatic rings. The average Bonchev–Trinajstić information content (AvgIpc) is 3.65. The van der Waals surface area contributed by atoms with Gasteiger partial charge in [0.2, 0.25) is 5.76 Å². The predicted molar refractivity (Wildman–Crippen MR) is 121 cm³/mol. The van der Waals surface area contributed by atoms with Gasteiger partial charge in [-0.2, -0.15) is 10.2 Å². The second kappa shape index (κ2) is 9.22. The molecule has 0 radical (unpaired) electrons. The lowest BCUT2D eigenvalue weighted by molar-refractivity contribution is -0.136. The molecule has 172 valence electrons. The number of carbonyl (C=O) groups excluding carboxylic acids is 2. The number of hydrazone groups is 1. The summed E-state index contributed by atoms with van der Waals surface area (Å²) in [6.07, 6.45) is 5.49. The summed E-state index contributed by atoms with van der Waals surface area (Å²) in [7, 11) is 0. The largest absolute Gasteiger partial charge is 0.467 e. The Balaban J connectivity index is 1.26. The lowest BCUT2D eigenvalue weighted by Gasteiger charge is -2.19. The van der Waals surface area contributed by atoms with Gasteiger partial charge in [-0.3, -0.25) is 9.48 Å². The van der Waals surface area contributed by atoms with E-state index in [-0.39, 0.29) is 5.76 Å². The maximum absolute atomic E-state index is 13.0. The summed E-state index contributed by atoms with van der Waals surface area (Å²) in [5, 5.41) is 9.96. The Morgan fingerprint density at radius 1 is 1.12 bits per heavy atom. The van der Waals surface area contributed by atoms with E-state index in [1.807, 2.05) is 31.2 Å². The van der Waals surface area contributed by atoms with Crippen LogP contribution in [-0.2, 0) is 16.1 Å². The van der Waals surface area contributed by atoms with Crippen LogP contribution < -0.4 is 0 Å². The summed E-state index contributed by atoms with van der Waals surface area (Å²) in [5.74, 6) is -0.00822. The van der Waals surface area contributed by atoms with E-state index in [0.29, 0.717) is 24.5 Å². The van der Waals surface area contributed by atoms with E-state index in [1.54, 1.807) is 47.6 Å². The molecule has 1 atom stereocenters. The molecule has 3 aromatic heterocycles. The standard InChI is InChI=1S/C25H22N4O5/c1-17-5-7-18(8-6-17)20-14-21(22-4-2-13-32-22)29(27-20)24(30)16-33-25(31)23-10-9-19(34-23)15-28-12-3-11-26-28/h2-13,21H,14-16H2,1H3. The second-order valence-corrected chi connectivity index (χ2v) is 7.93. The summed E-state index contributed by atoms with van der Waals surface area (Å²) in [6, 6.07) is 16.1. The molecule has 34 heavy (non-hydrogen) atoms. The molecule has 1 unspecified atom stereocenters. The number of furan rings is 2. The summed E-state index contributed by atoms with van der Waals surface area (Å²) >= 11 is 0. The minimum Gasteiger partial charge on any atom is -0.467 e. The van der Waals surface area contributed by atoms with Crippen LogP contribution >= 0.6 is 0 Å². The number of rotatable bonds is 7. The quantitative estimate of drug-likeness (QED) is 0.389. The number of benzene rings is 1. The van der Waals surface area contributed by atoms with Crippen molar-refractivity contribution in [2.24, 2.45) is 5.10 Å². The van der Waals surface area contributed by atoms with Crippen molar-refractivity contribution in [1.82, 2.24) is 14.8 Å². The molecule has 0 bridgehead atoms. The third kappa shape index (κ3) is 4.54. The average molecular weight is 458 g/mol. The third-order valence-corrected chi connectivity index (χ3v) is 5.49. The van der Waals surface area contributed by atoms with E-state index < -0.39 is 24.5 Å². The fraction of sp³-hybridized carbons (Fsp3) is 0.200. The molecule has 1 aliphatic heterocycles. The van der Waals surface area contributed by atoms with Crippen LogP contribution in [-0.4, -0.2) is 39.0 Å². The van der Waals surface area contributed by atoms with Crippen LogP contribution in [0.5, 0.6) is 0 Å². The van der Waals surface area contributed by atoms with Crippen molar-refractivity contribution < 1.29 is 23.2 Å². The minimum atomic E-state index is -0.725. The van der Waals surface area contributed by atoms with Crippen molar-refractivity contribution in [2.75, 3.05) is 6.61 Å². The number of nitrogens with zero attached hydrogens (tertiary/aromatic N) is 4. The molecule has 4 heterocycles. The van der Waals surface area contributed by atoms with Gasteiger partial charge in [0.15, 0.2) is 6.61 Å². The summed E-state index contributed by atoms with van der Waals surface area (Å²) in [6.45, 7) is 1.92. The van der Waals surface area contributed by atoms with Gasteiger partial charge in [-0.05, 0) is 42.8 Å². The minimum absolute atomic E-state index is 0.0165. The second-order valence-electron chi connectivity index (χ2n) is 7.93. The highest BCUT2D eigenvalue weighted by Gasteiger charge is 2.35. The van der Waals surface area contributed by atoms with Crippen LogP contribution in [0.3, 0.4) is 0 Å². The lowest BCUT2D eigenvalue weighted by atomic mass is 10.0. The Hall–Kier alpha value is -4.40. The topological polar surface area (TPSA) is 103 Å². The maximum Gasteiger partial charge on any atom is 0.374 e. The normalized spacial score (nSPS) is 15.4. The van der Waals surface area contributed by atoms with E-state index in [0.717, 1.165) is 16.8 Å². The predicted octanol–water partition coefficient (Wildman–Crippen LogP) is 3.96. The highest BCUT2D eigenvalue weighted by Crippen LogP contribution is 2.33. The Morgan fingerprint density at radius 3 is 2.71 bits per heavy atom. The fourth-order valence-electron chi connectivity index (χ4n) is 3.75. The molecule has 4 aromatic rings. The Kier molecular flexibility index (Phi) is 5.82. The van der Waals surface area contributed by atoms with Crippen molar-refractivity contribution in [2.45, 2.75) is 25.9 Å². The first-order chi connectivity index (χ1) is 16.6. The highest BCUT2D eigenvalue weighted by molar-refractivity contribution is 6.03. The zero-order valence-corrected chi connectivity index (χ0v) is 18.5. The molecule has 0 N–H and O–H groups in total. The summed E-state index contributed by atoms with van der Waals surface area (Å²) in [5.41, 5.74) is 2.82. The van der Waals surface area contributed by atoms with E-state index in [9.17, 15) is 9.59 Å². The molecular weight excluding hydrogens is 436 g/mol. The zero-order chi connectivity index (χ0) is 23.5. The Labute approximate surface area is 195 Å². The zero-order valence-electron chi connectivity index (χ0n) is 18.5. The molecular formula is C25H22N4O5. The fourth-order valence-corrected chi connectivity index (χ4v) is 3.75. The van der Waals surface area contributed by atoms with Gasteiger partial charge in [0.1, 0.15) is 17.6 Å². The molecule has 1 amide bonds. The number of aryl methyl sites for hydroxylation is 1. The summed E-state index contributed by atoms with van der Waals surface area (Å²) in [4.78, 5) is 25.4. The van der Waals surface area contributed by atoms with Gasteiger partial charge in [-0.1, -0.05) is 29.8 Å². The number of aromatic nitrogens is 2. The summed E-state index contributed by atoms with van der Waals surface area (Å²) < 4.78 is 18.0. The molecule has 0 aliphatic carbocycles. The number of hydrogen-bond donors (Lipinski definition) is 0. The van der Waals surface area contributed by atoms with Crippen LogP contribution in [0.15, 0.2) is 87.2 Å². The van der Waals surface area contributed by atoms with E-state index >= 15 is 0 Å². The van der Waals surface area contributed by atoms with Crippen LogP contribution in [0.4, 0.5) is 0 Å². The van der Waals surface area contributed by atoms with E-state index in [1.165, 1.54) is 11.1 Å². The van der Waals surface area contributed by atoms with Crippen LogP contribution in [0.25, 0.3) is 0 Å². The number of amides is 1. The van der Waals surface area contributed by atoms with E-state index in [4.69, 9.17) is 13.6 Å². The van der Waals surface area contributed by atoms with Crippen molar-refractivity contribution in [3.8, 4) is 0 Å². The maximum atomic E-state index is 13.0. The first-order valence-corrected chi connectivity index (χ1v) is 10.8. The SMILES string of the molecule is Cc1ccc(C2=NN(C(=O)COC(=O)c3ccc(Cn4cccn4)o3)C(c3ccco3)C2)cc1. The van der Waals surface area contributed by atoms with Crippen molar-refractivity contribution >= 4 is 17.6 Å². The van der Waals surface area contributed by atoms with Crippen LogP contribution in [0.1, 0.15) is 45.7 Å². The number of esters is 1. The smallest absolute Gasteiger partial charge is 0.374 e. The van der Waals surface area contributed by atoms with Gasteiger partial charge < -0.3 is 13.6 Å². The van der Waals surface area contributed by atoms with Crippen molar-refractivity contribution in [3.63, 3.8) is 0 Å². The van der Waals surface area contributed by atoms with Gasteiger partial charge in [0.25, 0.3) is 5.91 Å². The van der Waals surface area contributed by atoms with Crippen molar-refractivity contribution in [1.29, 1.82) is 0 Å². The Bertz CT molecular complexity index is 1300. The number of carbonyl (C=O) groups is 2. The van der Waals surface area contributed by atoms with Gasteiger partial charge in [0, 0.05) is 18.8 Å². The first-order valence-electron chi connectivity index (χ1n) is 10.8. The molecule has 1 aromatic carbocycles. The first kappa shape index (κ1) is 21.4. The molecule has 0 saturated carbocycles. The number of ether oxygens (including phenoxy) is 1. The lowest BCUT2D eigenvalue weighted by Crippen LogP contribution is -2.31. The van der Waals surface area contributed by atoms with Gasteiger partial charge >= 0.3 is 5.97 Å². The van der Waals surface area contributed by atoms with Crippen LogP contribution in [0, 0.1) is 6.92 Å². The van der Waals surface area contributed by atoms with Crippen LogP contribution in [0.2, 0.25) is 0 Å². The Morgan fingerprint density at radius 2 is 1.97 bits per heavy atom. The van der Waals surface area contributed by atoms with Gasteiger partial charge in [-0.15, -0.1) is 0 Å². The van der Waals surface area contributed by atoms with E-state index in [2.05, 4.69) is 10.2 Å². The molecule has 0 spiro atoms. The molecule has 0 fully saturated rings. The molecule has 9 heteroatoms.